The number of hydrogen-bond donors (Lipinski definition) is 1. The Morgan fingerprint density at radius 2 is 1.88 bits per heavy atom. The van der Waals surface area contributed by atoms with E-state index in [-0.39, 0.29) is 16.9 Å². The van der Waals surface area contributed by atoms with Crippen molar-refractivity contribution in [3.8, 4) is 6.07 Å². The summed E-state index contributed by atoms with van der Waals surface area (Å²) in [6, 6.07) is 10.9. The van der Waals surface area contributed by atoms with Crippen LogP contribution in [-0.4, -0.2) is 10.8 Å². The van der Waals surface area contributed by atoms with Crippen LogP contribution in [0.5, 0.6) is 0 Å². The van der Waals surface area contributed by atoms with E-state index in [1.807, 2.05) is 0 Å². The number of anilines is 1. The van der Waals surface area contributed by atoms with Crippen LogP contribution in [0.3, 0.4) is 0 Å². The first-order chi connectivity index (χ1) is 12.2. The van der Waals surface area contributed by atoms with E-state index in [0.29, 0.717) is 0 Å². The van der Waals surface area contributed by atoms with Gasteiger partial charge in [0.2, 0.25) is 0 Å². The Kier molecular flexibility index (Phi) is 5.37. The molecule has 9 heteroatoms. The van der Waals surface area contributed by atoms with E-state index in [2.05, 4.69) is 5.32 Å². The molecule has 0 aromatic heterocycles. The Morgan fingerprint density at radius 3 is 2.50 bits per heavy atom. The lowest BCUT2D eigenvalue weighted by molar-refractivity contribution is -0.383. The number of nitrogens with one attached hydrogen (secondary N) is 1. The SMILES string of the molecule is N#C/C(=C\c1cccc(C(F)(F)F)c1)C(=O)Nc1ccccc1[N+](=O)[O-]. The Hall–Kier alpha value is -3.67. The number of halogens is 3. The van der Waals surface area contributed by atoms with Crippen molar-refractivity contribution in [1.82, 2.24) is 0 Å². The molecule has 0 aliphatic heterocycles. The second-order valence-electron chi connectivity index (χ2n) is 5.02. The molecule has 132 valence electrons. The van der Waals surface area contributed by atoms with Crippen LogP contribution in [0.25, 0.3) is 6.08 Å². The molecule has 0 spiro atoms. The molecule has 0 fully saturated rings. The van der Waals surface area contributed by atoms with Crippen LogP contribution in [0.2, 0.25) is 0 Å². The monoisotopic (exact) mass is 361 g/mol. The zero-order chi connectivity index (χ0) is 19.3. The van der Waals surface area contributed by atoms with Gasteiger partial charge in [-0.25, -0.2) is 0 Å². The fourth-order valence-corrected chi connectivity index (χ4v) is 2.05. The van der Waals surface area contributed by atoms with E-state index < -0.39 is 28.1 Å². The Morgan fingerprint density at radius 1 is 1.19 bits per heavy atom. The minimum Gasteiger partial charge on any atom is -0.316 e. The van der Waals surface area contributed by atoms with Gasteiger partial charge < -0.3 is 5.32 Å². The van der Waals surface area contributed by atoms with Crippen LogP contribution < -0.4 is 5.32 Å². The van der Waals surface area contributed by atoms with Gasteiger partial charge in [-0.05, 0) is 29.8 Å². The van der Waals surface area contributed by atoms with Gasteiger partial charge in [0.25, 0.3) is 11.6 Å². The van der Waals surface area contributed by atoms with Gasteiger partial charge in [-0.3, -0.25) is 14.9 Å². The highest BCUT2D eigenvalue weighted by Crippen LogP contribution is 2.30. The van der Waals surface area contributed by atoms with Crippen molar-refractivity contribution >= 4 is 23.4 Å². The number of nitriles is 1. The predicted octanol–water partition coefficient (Wildman–Crippen LogP) is 4.16. The van der Waals surface area contributed by atoms with Gasteiger partial charge in [0, 0.05) is 6.07 Å². The quantitative estimate of drug-likeness (QED) is 0.383. The van der Waals surface area contributed by atoms with Crippen LogP contribution in [0.4, 0.5) is 24.5 Å². The van der Waals surface area contributed by atoms with Gasteiger partial charge in [-0.1, -0.05) is 24.3 Å². The third kappa shape index (κ3) is 4.45. The average Bonchev–Trinajstić information content (AvgIpc) is 2.59. The molecule has 26 heavy (non-hydrogen) atoms. The van der Waals surface area contributed by atoms with E-state index >= 15 is 0 Å². The highest BCUT2D eigenvalue weighted by molar-refractivity contribution is 6.10. The number of nitro groups is 1. The predicted molar refractivity (Wildman–Crippen MR) is 86.8 cm³/mol. The van der Waals surface area contributed by atoms with Gasteiger partial charge in [0.05, 0.1) is 10.5 Å². The first kappa shape index (κ1) is 18.7. The molecule has 1 amide bonds. The van der Waals surface area contributed by atoms with Gasteiger partial charge in [0.15, 0.2) is 0 Å². The van der Waals surface area contributed by atoms with Crippen LogP contribution >= 0.6 is 0 Å². The Balaban J connectivity index is 2.32. The van der Waals surface area contributed by atoms with Crippen molar-refractivity contribution in [1.29, 1.82) is 5.26 Å². The molecule has 0 aliphatic carbocycles. The van der Waals surface area contributed by atoms with Crippen molar-refractivity contribution in [3.05, 3.63) is 75.3 Å². The number of amides is 1. The van der Waals surface area contributed by atoms with Gasteiger partial charge in [0.1, 0.15) is 17.3 Å². The first-order valence-electron chi connectivity index (χ1n) is 7.06. The molecular formula is C17H10F3N3O3. The third-order valence-electron chi connectivity index (χ3n) is 3.24. The highest BCUT2D eigenvalue weighted by atomic mass is 19.4. The van der Waals surface area contributed by atoms with Crippen LogP contribution in [0.1, 0.15) is 11.1 Å². The smallest absolute Gasteiger partial charge is 0.316 e. The van der Waals surface area contributed by atoms with E-state index in [4.69, 9.17) is 5.26 Å². The second kappa shape index (κ2) is 7.48. The van der Waals surface area contributed by atoms with Crippen LogP contribution in [-0.2, 0) is 11.0 Å². The molecule has 0 bridgehead atoms. The molecular weight excluding hydrogens is 351 g/mol. The summed E-state index contributed by atoms with van der Waals surface area (Å²) >= 11 is 0. The zero-order valence-electron chi connectivity index (χ0n) is 12.9. The topological polar surface area (TPSA) is 96.0 Å². The molecule has 2 aromatic rings. The lowest BCUT2D eigenvalue weighted by atomic mass is 10.1. The fraction of sp³-hybridized carbons (Fsp3) is 0.0588. The van der Waals surface area contributed by atoms with Crippen molar-refractivity contribution in [2.75, 3.05) is 5.32 Å². The van der Waals surface area contributed by atoms with Crippen molar-refractivity contribution in [3.63, 3.8) is 0 Å². The van der Waals surface area contributed by atoms with Crippen molar-refractivity contribution in [2.45, 2.75) is 6.18 Å². The van der Waals surface area contributed by atoms with E-state index in [1.165, 1.54) is 24.3 Å². The first-order valence-corrected chi connectivity index (χ1v) is 7.06. The fourth-order valence-electron chi connectivity index (χ4n) is 2.05. The van der Waals surface area contributed by atoms with Crippen molar-refractivity contribution in [2.24, 2.45) is 0 Å². The molecule has 0 aliphatic rings. The molecule has 0 heterocycles. The molecule has 0 radical (unpaired) electrons. The summed E-state index contributed by atoms with van der Waals surface area (Å²) in [7, 11) is 0. The number of nitro benzene ring substituents is 1. The summed E-state index contributed by atoms with van der Waals surface area (Å²) in [6.07, 6.45) is -3.59. The van der Waals surface area contributed by atoms with E-state index in [9.17, 15) is 28.1 Å². The number of benzene rings is 2. The summed E-state index contributed by atoms with van der Waals surface area (Å²) in [5, 5.41) is 22.3. The number of para-hydroxylation sites is 2. The van der Waals surface area contributed by atoms with Crippen LogP contribution in [0.15, 0.2) is 54.1 Å². The number of nitrogens with zero attached hydrogens (tertiary/aromatic N) is 2. The standard InChI is InChI=1S/C17H10F3N3O3/c18-17(19,20)13-5-3-4-11(9-13)8-12(10-21)16(24)22-14-6-1-2-7-15(14)23(25)26/h1-9H,(H,22,24)/b12-8+. The molecule has 0 atom stereocenters. The molecule has 0 saturated heterocycles. The number of alkyl halides is 3. The number of carbonyl (C=O) groups excluding carboxylic acids is 1. The minimum atomic E-state index is -4.57. The van der Waals surface area contributed by atoms with Gasteiger partial charge in [-0.2, -0.15) is 18.4 Å². The molecule has 1 N–H and O–H groups in total. The van der Waals surface area contributed by atoms with Crippen molar-refractivity contribution < 1.29 is 22.9 Å². The summed E-state index contributed by atoms with van der Waals surface area (Å²) in [5.74, 6) is -0.973. The van der Waals surface area contributed by atoms with Crippen LogP contribution in [0, 0.1) is 21.4 Å². The summed E-state index contributed by atoms with van der Waals surface area (Å²) in [6.45, 7) is 0. The minimum absolute atomic E-state index is 0.00548. The summed E-state index contributed by atoms with van der Waals surface area (Å²) in [4.78, 5) is 22.4. The highest BCUT2D eigenvalue weighted by Gasteiger charge is 2.30. The third-order valence-corrected chi connectivity index (χ3v) is 3.24. The second-order valence-corrected chi connectivity index (χ2v) is 5.02. The lowest BCUT2D eigenvalue weighted by Gasteiger charge is -2.07. The Bertz CT molecular complexity index is 931. The largest absolute Gasteiger partial charge is 0.416 e. The molecule has 0 unspecified atom stereocenters. The normalized spacial score (nSPS) is 11.5. The summed E-state index contributed by atoms with van der Waals surface area (Å²) < 4.78 is 38.2. The van der Waals surface area contributed by atoms with E-state index in [0.717, 1.165) is 30.3 Å². The lowest BCUT2D eigenvalue weighted by Crippen LogP contribution is -2.14. The molecule has 2 aromatic carbocycles. The van der Waals surface area contributed by atoms with Gasteiger partial charge in [-0.15, -0.1) is 0 Å². The number of carbonyl (C=O) groups is 1. The average molecular weight is 361 g/mol. The summed E-state index contributed by atoms with van der Waals surface area (Å²) in [5.41, 5.74) is -1.94. The number of hydrogen-bond acceptors (Lipinski definition) is 4. The maximum absolute atomic E-state index is 12.7. The molecule has 0 saturated carbocycles. The maximum atomic E-state index is 12.7. The van der Waals surface area contributed by atoms with Gasteiger partial charge >= 0.3 is 6.18 Å². The molecule has 6 nitrogen and oxygen atoms in total. The zero-order valence-corrected chi connectivity index (χ0v) is 12.9. The molecule has 2 rings (SSSR count). The maximum Gasteiger partial charge on any atom is 0.416 e. The van der Waals surface area contributed by atoms with E-state index in [1.54, 1.807) is 6.07 Å². The Labute approximate surface area is 145 Å². The number of rotatable bonds is 4.